The quantitative estimate of drug-likeness (QED) is 0.412. The van der Waals surface area contributed by atoms with Crippen LogP contribution in [0.4, 0.5) is 14.9 Å². The molecule has 0 saturated heterocycles. The van der Waals surface area contributed by atoms with Crippen LogP contribution in [0, 0.1) is 5.82 Å². The maximum absolute atomic E-state index is 13.6. The number of imidazole rings is 1. The summed E-state index contributed by atoms with van der Waals surface area (Å²) >= 11 is 0. The van der Waals surface area contributed by atoms with Gasteiger partial charge >= 0.3 is 6.09 Å². The largest absolute Gasteiger partial charge is 0.453 e. The number of likely N-dealkylation sites (N-methyl/N-ethyl adjacent to an activating group) is 1. The van der Waals surface area contributed by atoms with Crippen LogP contribution in [0.3, 0.4) is 0 Å². The van der Waals surface area contributed by atoms with E-state index in [2.05, 4.69) is 25.3 Å². The zero-order valence-corrected chi connectivity index (χ0v) is 20.9. The molecule has 1 aromatic carbocycles. The van der Waals surface area contributed by atoms with E-state index in [4.69, 9.17) is 0 Å². The zero-order chi connectivity index (χ0) is 27.1. The number of methoxy groups -OCH3 is 1. The van der Waals surface area contributed by atoms with Crippen molar-refractivity contribution in [1.82, 2.24) is 29.3 Å². The molecule has 0 aliphatic rings. The molecule has 0 aliphatic heterocycles. The number of rotatable bonds is 9. The van der Waals surface area contributed by atoms with Crippen molar-refractivity contribution >= 4 is 34.6 Å². The van der Waals surface area contributed by atoms with Crippen LogP contribution in [-0.4, -0.2) is 69.2 Å². The molecule has 13 heteroatoms. The molecule has 12 nitrogen and oxygen atoms in total. The smallest absolute Gasteiger partial charge is 0.407 e. The molecule has 3 rings (SSSR count). The number of aromatic nitrogens is 4. The van der Waals surface area contributed by atoms with Gasteiger partial charge < -0.3 is 24.8 Å². The van der Waals surface area contributed by atoms with Crippen molar-refractivity contribution in [2.45, 2.75) is 25.4 Å². The Hall–Kier alpha value is -4.55. The Morgan fingerprint density at radius 3 is 2.73 bits per heavy atom. The van der Waals surface area contributed by atoms with Gasteiger partial charge in [-0.25, -0.2) is 19.2 Å². The predicted molar refractivity (Wildman–Crippen MR) is 133 cm³/mol. The average Bonchev–Trinajstić information content (AvgIpc) is 3.16. The molecule has 37 heavy (non-hydrogen) atoms. The fraction of sp³-hybridized carbons (Fsp3) is 0.333. The third-order valence-electron chi connectivity index (χ3n) is 5.52. The molecular formula is C24H28FN7O5. The van der Waals surface area contributed by atoms with Crippen molar-refractivity contribution in [3.8, 4) is 0 Å². The number of nitrogens with one attached hydrogen (secondary N) is 2. The molecule has 0 radical (unpaired) electrons. The van der Waals surface area contributed by atoms with Crippen LogP contribution in [0.5, 0.6) is 0 Å². The number of hydrogen-bond donors (Lipinski definition) is 2. The lowest BCUT2D eigenvalue weighted by Gasteiger charge is -2.17. The minimum atomic E-state index is -1.05. The van der Waals surface area contributed by atoms with Crippen molar-refractivity contribution in [2.24, 2.45) is 7.05 Å². The lowest BCUT2D eigenvalue weighted by atomic mass is 10.1. The van der Waals surface area contributed by atoms with Crippen molar-refractivity contribution in [3.05, 3.63) is 64.9 Å². The first kappa shape index (κ1) is 27.0. The Labute approximate surface area is 211 Å². The van der Waals surface area contributed by atoms with Gasteiger partial charge in [0.25, 0.3) is 5.56 Å². The number of alkyl carbamates (subject to hydrolysis) is 1. The van der Waals surface area contributed by atoms with Gasteiger partial charge in [0.1, 0.15) is 23.4 Å². The molecule has 2 heterocycles. The van der Waals surface area contributed by atoms with Gasteiger partial charge in [-0.05, 0) is 31.1 Å². The zero-order valence-electron chi connectivity index (χ0n) is 20.9. The van der Waals surface area contributed by atoms with Gasteiger partial charge in [-0.1, -0.05) is 6.08 Å². The van der Waals surface area contributed by atoms with Crippen LogP contribution in [0.15, 0.2) is 47.7 Å². The van der Waals surface area contributed by atoms with E-state index in [0.29, 0.717) is 23.3 Å². The van der Waals surface area contributed by atoms with Gasteiger partial charge in [-0.3, -0.25) is 19.0 Å². The molecule has 2 aromatic heterocycles. The third kappa shape index (κ3) is 6.78. The Morgan fingerprint density at radius 2 is 2.03 bits per heavy atom. The van der Waals surface area contributed by atoms with Crippen LogP contribution in [0.25, 0.3) is 11.0 Å². The number of benzene rings is 1. The number of hydrogen-bond acceptors (Lipinski definition) is 7. The normalized spacial score (nSPS) is 11.9. The number of carbonyl (C=O) groups excluding carboxylic acids is 3. The monoisotopic (exact) mass is 513 g/mol. The van der Waals surface area contributed by atoms with Crippen LogP contribution in [-0.2, 0) is 27.9 Å². The number of carbonyl (C=O) groups is 3. The van der Waals surface area contributed by atoms with E-state index < -0.39 is 29.4 Å². The standard InChI is InChI=1S/C24H28FN7O5/c1-30(2)21(33)8-6-5-7-16(29-24(36)37-4)22(34)28-18-12-26-14-32(23(18)35)13-20-27-17-11-15(25)9-10-19(17)31(20)3/h6,8-12,14,16H,5,7,13H2,1-4H3,(H,28,34)(H,29,36)/b8-6+/t16-/m0/s1. The van der Waals surface area contributed by atoms with E-state index >= 15 is 0 Å². The van der Waals surface area contributed by atoms with Gasteiger partial charge in [0.15, 0.2) is 0 Å². The predicted octanol–water partition coefficient (Wildman–Crippen LogP) is 1.41. The van der Waals surface area contributed by atoms with Gasteiger partial charge in [0, 0.05) is 27.2 Å². The second kappa shape index (κ2) is 11.9. The van der Waals surface area contributed by atoms with E-state index in [1.807, 2.05) is 0 Å². The van der Waals surface area contributed by atoms with E-state index in [9.17, 15) is 23.6 Å². The molecule has 3 aromatic rings. The highest BCUT2D eigenvalue weighted by Crippen LogP contribution is 2.16. The second-order valence-electron chi connectivity index (χ2n) is 8.35. The van der Waals surface area contributed by atoms with Crippen molar-refractivity contribution in [1.29, 1.82) is 0 Å². The lowest BCUT2D eigenvalue weighted by molar-refractivity contribution is -0.123. The van der Waals surface area contributed by atoms with Crippen LogP contribution in [0.2, 0.25) is 0 Å². The van der Waals surface area contributed by atoms with Gasteiger partial charge in [0.2, 0.25) is 11.8 Å². The van der Waals surface area contributed by atoms with Crippen molar-refractivity contribution in [2.75, 3.05) is 26.5 Å². The molecule has 0 bridgehead atoms. The maximum Gasteiger partial charge on any atom is 0.407 e. The number of fused-ring (bicyclic) bond motifs is 1. The molecule has 0 spiro atoms. The Kier molecular flexibility index (Phi) is 8.72. The van der Waals surface area contributed by atoms with E-state index in [1.54, 1.807) is 37.9 Å². The summed E-state index contributed by atoms with van der Waals surface area (Å²) in [6.45, 7) is 0.0247. The molecule has 196 valence electrons. The first-order chi connectivity index (χ1) is 17.6. The molecule has 0 unspecified atom stereocenters. The van der Waals surface area contributed by atoms with Crippen LogP contribution < -0.4 is 16.2 Å². The first-order valence-electron chi connectivity index (χ1n) is 11.3. The molecule has 1 atom stereocenters. The number of amides is 3. The number of nitrogens with zero attached hydrogens (tertiary/aromatic N) is 5. The molecule has 0 fully saturated rings. The summed E-state index contributed by atoms with van der Waals surface area (Å²) < 4.78 is 21.1. The number of ether oxygens (including phenoxy) is 1. The van der Waals surface area contributed by atoms with Gasteiger partial charge in [0.05, 0.1) is 37.2 Å². The van der Waals surface area contributed by atoms with Crippen molar-refractivity contribution in [3.63, 3.8) is 0 Å². The topological polar surface area (TPSA) is 140 Å². The van der Waals surface area contributed by atoms with E-state index in [0.717, 1.165) is 7.11 Å². The Bertz CT molecular complexity index is 1400. The van der Waals surface area contributed by atoms with E-state index in [-0.39, 0.29) is 24.6 Å². The Morgan fingerprint density at radius 1 is 1.27 bits per heavy atom. The number of halogens is 1. The summed E-state index contributed by atoms with van der Waals surface area (Å²) in [5, 5.41) is 4.92. The molecule has 0 saturated carbocycles. The number of allylic oxidation sites excluding steroid dienone is 1. The molecule has 2 N–H and O–H groups in total. The van der Waals surface area contributed by atoms with Crippen LogP contribution in [0.1, 0.15) is 18.7 Å². The lowest BCUT2D eigenvalue weighted by Crippen LogP contribution is -2.44. The summed E-state index contributed by atoms with van der Waals surface area (Å²) in [5.41, 5.74) is 0.489. The minimum absolute atomic E-state index is 0.0247. The third-order valence-corrected chi connectivity index (χ3v) is 5.52. The maximum atomic E-state index is 13.6. The molecule has 0 aliphatic carbocycles. The highest BCUT2D eigenvalue weighted by Gasteiger charge is 2.22. The average molecular weight is 514 g/mol. The highest BCUT2D eigenvalue weighted by molar-refractivity contribution is 5.96. The fourth-order valence-electron chi connectivity index (χ4n) is 3.45. The number of anilines is 1. The summed E-state index contributed by atoms with van der Waals surface area (Å²) in [4.78, 5) is 59.2. The summed E-state index contributed by atoms with van der Waals surface area (Å²) in [5.74, 6) is -0.816. The molecular weight excluding hydrogens is 485 g/mol. The fourth-order valence-corrected chi connectivity index (χ4v) is 3.45. The Balaban J connectivity index is 1.76. The van der Waals surface area contributed by atoms with Crippen molar-refractivity contribution < 1.29 is 23.5 Å². The van der Waals surface area contributed by atoms with Crippen LogP contribution >= 0.6 is 0 Å². The van der Waals surface area contributed by atoms with Gasteiger partial charge in [-0.2, -0.15) is 0 Å². The summed E-state index contributed by atoms with van der Waals surface area (Å²) in [6, 6.07) is 3.18. The highest BCUT2D eigenvalue weighted by atomic mass is 19.1. The minimum Gasteiger partial charge on any atom is -0.453 e. The first-order valence-corrected chi connectivity index (χ1v) is 11.3. The molecule has 3 amide bonds. The summed E-state index contributed by atoms with van der Waals surface area (Å²) in [7, 11) is 6.13. The van der Waals surface area contributed by atoms with E-state index in [1.165, 1.54) is 40.2 Å². The number of aryl methyl sites for hydroxylation is 1. The SMILES string of the molecule is COC(=O)N[C@@H](CC/C=C/C(=O)N(C)C)C(=O)Nc1cncn(Cc2nc3cc(F)ccc3n2C)c1=O. The summed E-state index contributed by atoms with van der Waals surface area (Å²) in [6.07, 6.45) is 5.06. The van der Waals surface area contributed by atoms with Gasteiger partial charge in [-0.15, -0.1) is 0 Å². The second-order valence-corrected chi connectivity index (χ2v) is 8.35.